The molecule has 4 heteroatoms. The van der Waals surface area contributed by atoms with Gasteiger partial charge < -0.3 is 5.11 Å². The van der Waals surface area contributed by atoms with E-state index in [1.165, 1.54) is 12.8 Å². The highest BCUT2D eigenvalue weighted by molar-refractivity contribution is 9.10. The predicted molar refractivity (Wildman–Crippen MR) is 85.8 cm³/mol. The van der Waals surface area contributed by atoms with Crippen LogP contribution in [0.15, 0.2) is 4.47 Å². The molecule has 114 valence electrons. The molecule has 1 aliphatic rings. The van der Waals surface area contributed by atoms with Gasteiger partial charge in [-0.15, -0.1) is 0 Å². The Balaban J connectivity index is 2.14. The van der Waals surface area contributed by atoms with E-state index < -0.39 is 5.60 Å². The number of aryl methyl sites for hydroxylation is 2. The maximum atomic E-state index is 11.0. The minimum atomic E-state index is -0.550. The van der Waals surface area contributed by atoms with Gasteiger partial charge in [0, 0.05) is 13.5 Å². The lowest BCUT2D eigenvalue weighted by Gasteiger charge is -2.27. The summed E-state index contributed by atoms with van der Waals surface area (Å²) in [6.45, 7) is 4.38. The molecule has 2 rings (SSSR count). The molecule has 20 heavy (non-hydrogen) atoms. The third-order valence-corrected chi connectivity index (χ3v) is 5.76. The molecule has 1 saturated carbocycles. The third-order valence-electron chi connectivity index (χ3n) is 4.85. The first-order valence-electron chi connectivity index (χ1n) is 7.91. The average Bonchev–Trinajstić information content (AvgIpc) is 2.61. The molecule has 0 saturated heterocycles. The van der Waals surface area contributed by atoms with E-state index in [4.69, 9.17) is 0 Å². The van der Waals surface area contributed by atoms with Crippen molar-refractivity contribution < 1.29 is 5.11 Å². The molecule has 1 fully saturated rings. The van der Waals surface area contributed by atoms with E-state index in [1.807, 2.05) is 11.7 Å². The molecule has 1 aromatic rings. The number of aromatic nitrogens is 2. The normalized spacial score (nSPS) is 27.6. The minimum absolute atomic E-state index is 0.550. The molecule has 0 radical (unpaired) electrons. The quantitative estimate of drug-likeness (QED) is 0.839. The second kappa shape index (κ2) is 6.61. The Hall–Kier alpha value is -0.350. The van der Waals surface area contributed by atoms with Gasteiger partial charge in [0.25, 0.3) is 0 Å². The molecule has 0 spiro atoms. The number of nitrogens with zero attached hydrogens (tertiary/aromatic N) is 2. The fraction of sp³-hybridized carbons (Fsp3) is 0.812. The largest absolute Gasteiger partial charge is 0.389 e. The Morgan fingerprint density at radius 3 is 2.70 bits per heavy atom. The highest BCUT2D eigenvalue weighted by Crippen LogP contribution is 2.35. The van der Waals surface area contributed by atoms with E-state index >= 15 is 0 Å². The van der Waals surface area contributed by atoms with Gasteiger partial charge in [0.1, 0.15) is 0 Å². The minimum Gasteiger partial charge on any atom is -0.389 e. The van der Waals surface area contributed by atoms with Gasteiger partial charge in [-0.05, 0) is 47.5 Å². The van der Waals surface area contributed by atoms with Gasteiger partial charge in [-0.3, -0.25) is 4.68 Å². The van der Waals surface area contributed by atoms with Crippen LogP contribution in [0.2, 0.25) is 0 Å². The first kappa shape index (κ1) is 16.0. The number of aliphatic hydroxyl groups is 1. The number of rotatable bonds is 4. The van der Waals surface area contributed by atoms with Crippen LogP contribution >= 0.6 is 15.9 Å². The topological polar surface area (TPSA) is 38.0 Å². The standard InChI is InChI=1S/C16H27BrN2O/c1-4-12-7-6-9-16(20,10-8-12)11-14-15(17)13(5-2)18-19(14)3/h12,20H,4-11H2,1-3H3. The van der Waals surface area contributed by atoms with Gasteiger partial charge in [-0.2, -0.15) is 5.10 Å². The van der Waals surface area contributed by atoms with Crippen molar-refractivity contribution >= 4 is 15.9 Å². The predicted octanol–water partition coefficient (Wildman–Crippen LogP) is 4.01. The smallest absolute Gasteiger partial charge is 0.0766 e. The van der Waals surface area contributed by atoms with E-state index in [2.05, 4.69) is 34.9 Å². The fourth-order valence-corrected chi connectivity index (χ4v) is 4.13. The van der Waals surface area contributed by atoms with Gasteiger partial charge in [-0.1, -0.05) is 33.1 Å². The SMILES string of the molecule is CCc1nn(C)c(CC2(O)CCCC(CC)CC2)c1Br. The van der Waals surface area contributed by atoms with E-state index in [9.17, 15) is 5.11 Å². The van der Waals surface area contributed by atoms with Gasteiger partial charge >= 0.3 is 0 Å². The Labute approximate surface area is 130 Å². The van der Waals surface area contributed by atoms with Gasteiger partial charge in [0.15, 0.2) is 0 Å². The Morgan fingerprint density at radius 2 is 2.10 bits per heavy atom. The molecule has 2 unspecified atom stereocenters. The van der Waals surface area contributed by atoms with Crippen LogP contribution in [0.4, 0.5) is 0 Å². The summed E-state index contributed by atoms with van der Waals surface area (Å²) in [5.74, 6) is 0.796. The lowest BCUT2D eigenvalue weighted by atomic mass is 9.88. The second-order valence-electron chi connectivity index (χ2n) is 6.29. The summed E-state index contributed by atoms with van der Waals surface area (Å²) in [6.07, 6.45) is 8.29. The Morgan fingerprint density at radius 1 is 1.35 bits per heavy atom. The number of hydrogen-bond donors (Lipinski definition) is 1. The van der Waals surface area contributed by atoms with Crippen LogP contribution in [0.5, 0.6) is 0 Å². The molecule has 1 heterocycles. The van der Waals surface area contributed by atoms with Crippen molar-refractivity contribution in [2.75, 3.05) is 0 Å². The summed E-state index contributed by atoms with van der Waals surface area (Å²) < 4.78 is 3.02. The summed E-state index contributed by atoms with van der Waals surface area (Å²) in [7, 11) is 1.98. The van der Waals surface area contributed by atoms with E-state index in [-0.39, 0.29) is 0 Å². The second-order valence-corrected chi connectivity index (χ2v) is 7.08. The zero-order chi connectivity index (χ0) is 14.8. The van der Waals surface area contributed by atoms with Crippen LogP contribution in [0.25, 0.3) is 0 Å². The summed E-state index contributed by atoms with van der Waals surface area (Å²) in [5, 5.41) is 15.5. The molecule has 0 amide bonds. The van der Waals surface area contributed by atoms with Crippen molar-refractivity contribution in [2.45, 2.75) is 70.8 Å². The van der Waals surface area contributed by atoms with Crippen molar-refractivity contribution in [3.8, 4) is 0 Å². The third kappa shape index (κ3) is 3.45. The van der Waals surface area contributed by atoms with Crippen LogP contribution in [0, 0.1) is 5.92 Å². The highest BCUT2D eigenvalue weighted by Gasteiger charge is 2.32. The fourth-order valence-electron chi connectivity index (χ4n) is 3.37. The van der Waals surface area contributed by atoms with Crippen molar-refractivity contribution in [3.63, 3.8) is 0 Å². The summed E-state index contributed by atoms with van der Waals surface area (Å²) >= 11 is 3.66. The van der Waals surface area contributed by atoms with Crippen LogP contribution in [-0.2, 0) is 19.9 Å². The lowest BCUT2D eigenvalue weighted by molar-refractivity contribution is 0.0223. The van der Waals surface area contributed by atoms with E-state index in [0.29, 0.717) is 6.42 Å². The zero-order valence-electron chi connectivity index (χ0n) is 13.0. The summed E-state index contributed by atoms with van der Waals surface area (Å²) in [4.78, 5) is 0. The Bertz CT molecular complexity index is 458. The van der Waals surface area contributed by atoms with Crippen molar-refractivity contribution in [1.82, 2.24) is 9.78 Å². The molecule has 2 atom stereocenters. The zero-order valence-corrected chi connectivity index (χ0v) is 14.5. The molecule has 3 nitrogen and oxygen atoms in total. The molecule has 1 aliphatic carbocycles. The monoisotopic (exact) mass is 342 g/mol. The molecule has 1 N–H and O–H groups in total. The van der Waals surface area contributed by atoms with Crippen LogP contribution in [-0.4, -0.2) is 20.5 Å². The molecule has 0 bridgehead atoms. The molecule has 0 aliphatic heterocycles. The van der Waals surface area contributed by atoms with Crippen molar-refractivity contribution in [3.05, 3.63) is 15.9 Å². The van der Waals surface area contributed by atoms with Crippen molar-refractivity contribution in [1.29, 1.82) is 0 Å². The maximum Gasteiger partial charge on any atom is 0.0766 e. The maximum absolute atomic E-state index is 11.0. The average molecular weight is 343 g/mol. The van der Waals surface area contributed by atoms with Gasteiger partial charge in [0.05, 0.1) is 21.5 Å². The molecule has 0 aromatic carbocycles. The number of halogens is 1. The van der Waals surface area contributed by atoms with Crippen molar-refractivity contribution in [2.24, 2.45) is 13.0 Å². The van der Waals surface area contributed by atoms with Crippen LogP contribution in [0.3, 0.4) is 0 Å². The van der Waals surface area contributed by atoms with Gasteiger partial charge in [0.2, 0.25) is 0 Å². The molecule has 1 aromatic heterocycles. The molecular formula is C16H27BrN2O. The Kier molecular flexibility index (Phi) is 5.30. The first-order valence-corrected chi connectivity index (χ1v) is 8.71. The van der Waals surface area contributed by atoms with E-state index in [0.717, 1.165) is 53.9 Å². The first-order chi connectivity index (χ1) is 9.49. The van der Waals surface area contributed by atoms with E-state index in [1.54, 1.807) is 0 Å². The van der Waals surface area contributed by atoms with Crippen LogP contribution in [0.1, 0.15) is 63.8 Å². The molecular weight excluding hydrogens is 316 g/mol. The summed E-state index contributed by atoms with van der Waals surface area (Å²) in [5.41, 5.74) is 1.68. The highest BCUT2D eigenvalue weighted by atomic mass is 79.9. The van der Waals surface area contributed by atoms with Crippen LogP contribution < -0.4 is 0 Å². The van der Waals surface area contributed by atoms with Gasteiger partial charge in [-0.25, -0.2) is 0 Å². The summed E-state index contributed by atoms with van der Waals surface area (Å²) in [6, 6.07) is 0. The lowest BCUT2D eigenvalue weighted by Crippen LogP contribution is -2.31. The number of hydrogen-bond acceptors (Lipinski definition) is 2.